The molecule has 1 aliphatic carbocycles. The molecule has 0 saturated heterocycles. The van der Waals surface area contributed by atoms with E-state index in [9.17, 15) is 0 Å². The molecule has 0 aliphatic heterocycles. The Kier molecular flexibility index (Phi) is 4.00. The maximum absolute atomic E-state index is 3.88. The van der Waals surface area contributed by atoms with Crippen molar-refractivity contribution >= 4 is 54.5 Å². The van der Waals surface area contributed by atoms with E-state index in [1.807, 2.05) is 22.7 Å². The summed E-state index contributed by atoms with van der Waals surface area (Å²) < 4.78 is 1.22. The molecular formula is C14H14Br2S2. The molecule has 3 rings (SSSR count). The van der Waals surface area contributed by atoms with Crippen LogP contribution in [0, 0.1) is 6.92 Å². The normalized spacial score (nSPS) is 16.6. The summed E-state index contributed by atoms with van der Waals surface area (Å²) >= 11 is 11.3. The van der Waals surface area contributed by atoms with Gasteiger partial charge >= 0.3 is 0 Å². The van der Waals surface area contributed by atoms with Crippen LogP contribution in [0.15, 0.2) is 15.9 Å². The van der Waals surface area contributed by atoms with Gasteiger partial charge in [-0.1, -0.05) is 15.9 Å². The van der Waals surface area contributed by atoms with Gasteiger partial charge in [0.25, 0.3) is 0 Å². The molecule has 0 bridgehead atoms. The number of hydrogen-bond acceptors (Lipinski definition) is 2. The van der Waals surface area contributed by atoms with E-state index in [2.05, 4.69) is 50.9 Å². The van der Waals surface area contributed by atoms with E-state index in [1.165, 1.54) is 44.8 Å². The second kappa shape index (κ2) is 5.39. The number of aryl methyl sites for hydroxylation is 3. The zero-order valence-corrected chi connectivity index (χ0v) is 14.9. The fourth-order valence-corrected chi connectivity index (χ4v) is 6.54. The quantitative estimate of drug-likeness (QED) is 0.518. The lowest BCUT2D eigenvalue weighted by molar-refractivity contribution is 0.697. The third kappa shape index (κ3) is 2.49. The first-order chi connectivity index (χ1) is 8.65. The lowest BCUT2D eigenvalue weighted by Crippen LogP contribution is -1.96. The zero-order valence-electron chi connectivity index (χ0n) is 10.1. The third-order valence-corrected chi connectivity index (χ3v) is 7.63. The summed E-state index contributed by atoms with van der Waals surface area (Å²) in [5.41, 5.74) is 3.00. The van der Waals surface area contributed by atoms with E-state index >= 15 is 0 Å². The van der Waals surface area contributed by atoms with Crippen molar-refractivity contribution in [1.82, 2.24) is 0 Å². The molecule has 18 heavy (non-hydrogen) atoms. The van der Waals surface area contributed by atoms with Crippen molar-refractivity contribution in [1.29, 1.82) is 0 Å². The molecule has 0 radical (unpaired) electrons. The van der Waals surface area contributed by atoms with Gasteiger partial charge in [0.15, 0.2) is 0 Å². The summed E-state index contributed by atoms with van der Waals surface area (Å²) in [6.45, 7) is 2.20. The largest absolute Gasteiger partial charge is 0.144 e. The van der Waals surface area contributed by atoms with Crippen LogP contribution >= 0.6 is 54.5 Å². The average Bonchev–Trinajstić information content (AvgIpc) is 2.91. The molecule has 96 valence electrons. The molecule has 0 saturated carbocycles. The SMILES string of the molecule is Cc1sc(Br)cc1C(Br)c1cc2c(s1)CCCC2. The van der Waals surface area contributed by atoms with E-state index in [0.717, 1.165) is 0 Å². The topological polar surface area (TPSA) is 0 Å². The van der Waals surface area contributed by atoms with Crippen LogP contribution in [-0.4, -0.2) is 0 Å². The molecule has 0 fully saturated rings. The van der Waals surface area contributed by atoms with Crippen LogP contribution in [0.1, 0.15) is 43.4 Å². The number of fused-ring (bicyclic) bond motifs is 1. The van der Waals surface area contributed by atoms with Crippen LogP contribution in [0.25, 0.3) is 0 Å². The Morgan fingerprint density at radius 3 is 2.61 bits per heavy atom. The van der Waals surface area contributed by atoms with Crippen molar-refractivity contribution in [3.8, 4) is 0 Å². The van der Waals surface area contributed by atoms with Crippen molar-refractivity contribution < 1.29 is 0 Å². The smallest absolute Gasteiger partial charge is 0.0749 e. The monoisotopic (exact) mass is 404 g/mol. The maximum atomic E-state index is 3.88. The fraction of sp³-hybridized carbons (Fsp3) is 0.429. The Balaban J connectivity index is 1.94. The number of alkyl halides is 1. The summed E-state index contributed by atoms with van der Waals surface area (Å²) in [5, 5.41) is 0. The molecule has 0 nitrogen and oxygen atoms in total. The van der Waals surface area contributed by atoms with Gasteiger partial charge in [-0.2, -0.15) is 0 Å². The summed E-state index contributed by atoms with van der Waals surface area (Å²) in [7, 11) is 0. The van der Waals surface area contributed by atoms with Crippen molar-refractivity contribution in [2.45, 2.75) is 37.4 Å². The Bertz CT molecular complexity index is 545. The first kappa shape index (κ1) is 13.3. The van der Waals surface area contributed by atoms with Gasteiger partial charge in [-0.15, -0.1) is 22.7 Å². The van der Waals surface area contributed by atoms with Gasteiger partial charge in [0, 0.05) is 14.6 Å². The highest BCUT2D eigenvalue weighted by Crippen LogP contribution is 2.43. The van der Waals surface area contributed by atoms with Gasteiger partial charge < -0.3 is 0 Å². The highest BCUT2D eigenvalue weighted by atomic mass is 79.9. The number of hydrogen-bond donors (Lipinski definition) is 0. The number of halogens is 2. The number of thiophene rings is 2. The van der Waals surface area contributed by atoms with E-state index in [1.54, 1.807) is 10.4 Å². The molecule has 0 amide bonds. The highest BCUT2D eigenvalue weighted by Gasteiger charge is 2.20. The summed E-state index contributed by atoms with van der Waals surface area (Å²) in [6.07, 6.45) is 5.28. The minimum Gasteiger partial charge on any atom is -0.144 e. The van der Waals surface area contributed by atoms with Crippen LogP contribution in [0.2, 0.25) is 0 Å². The lowest BCUT2D eigenvalue weighted by Gasteiger charge is -2.08. The van der Waals surface area contributed by atoms with Crippen molar-refractivity contribution in [3.05, 3.63) is 41.7 Å². The minimum atomic E-state index is 0.357. The maximum Gasteiger partial charge on any atom is 0.0749 e. The molecule has 2 aromatic rings. The molecule has 0 N–H and O–H groups in total. The lowest BCUT2D eigenvalue weighted by atomic mass is 9.99. The number of rotatable bonds is 2. The molecular weight excluding hydrogens is 392 g/mol. The molecule has 1 aliphatic rings. The molecule has 2 aromatic heterocycles. The van der Waals surface area contributed by atoms with E-state index < -0.39 is 0 Å². The molecule has 0 aromatic carbocycles. The van der Waals surface area contributed by atoms with Gasteiger partial charge in [-0.3, -0.25) is 0 Å². The standard InChI is InChI=1S/C14H14Br2S2/c1-8-10(7-13(15)17-8)14(16)12-6-9-4-2-3-5-11(9)18-12/h6-7,14H,2-5H2,1H3. The summed E-state index contributed by atoms with van der Waals surface area (Å²) in [6, 6.07) is 4.67. The molecule has 0 spiro atoms. The minimum absolute atomic E-state index is 0.357. The molecule has 1 atom stereocenters. The Morgan fingerprint density at radius 2 is 1.94 bits per heavy atom. The Labute approximate surface area is 133 Å². The van der Waals surface area contributed by atoms with Gasteiger partial charge in [0.2, 0.25) is 0 Å². The van der Waals surface area contributed by atoms with Crippen LogP contribution in [0.5, 0.6) is 0 Å². The third-order valence-electron chi connectivity index (χ3n) is 3.46. The second-order valence-electron chi connectivity index (χ2n) is 4.73. The van der Waals surface area contributed by atoms with Gasteiger partial charge in [-0.05, 0) is 71.8 Å². The van der Waals surface area contributed by atoms with Crippen LogP contribution in [0.4, 0.5) is 0 Å². The summed E-state index contributed by atoms with van der Waals surface area (Å²) in [4.78, 5) is 4.84. The first-order valence-corrected chi connectivity index (χ1v) is 9.50. The highest BCUT2D eigenvalue weighted by molar-refractivity contribution is 9.11. The van der Waals surface area contributed by atoms with E-state index in [-0.39, 0.29) is 0 Å². The van der Waals surface area contributed by atoms with Gasteiger partial charge in [0.1, 0.15) is 0 Å². The Hall–Kier alpha value is 0.360. The first-order valence-electron chi connectivity index (χ1n) is 6.16. The predicted molar refractivity (Wildman–Crippen MR) is 88.5 cm³/mol. The fourth-order valence-electron chi connectivity index (χ4n) is 2.50. The molecule has 4 heteroatoms. The van der Waals surface area contributed by atoms with E-state index in [0.29, 0.717) is 4.83 Å². The van der Waals surface area contributed by atoms with Crippen molar-refractivity contribution in [2.75, 3.05) is 0 Å². The Morgan fingerprint density at radius 1 is 1.17 bits per heavy atom. The zero-order chi connectivity index (χ0) is 12.7. The van der Waals surface area contributed by atoms with Gasteiger partial charge in [-0.25, -0.2) is 0 Å². The average molecular weight is 406 g/mol. The van der Waals surface area contributed by atoms with Gasteiger partial charge in [0.05, 0.1) is 8.61 Å². The molecule has 2 heterocycles. The van der Waals surface area contributed by atoms with E-state index in [4.69, 9.17) is 0 Å². The summed E-state index contributed by atoms with van der Waals surface area (Å²) in [5.74, 6) is 0. The predicted octanol–water partition coefficient (Wildman–Crippen LogP) is 6.24. The van der Waals surface area contributed by atoms with Crippen LogP contribution in [0.3, 0.4) is 0 Å². The van der Waals surface area contributed by atoms with Crippen molar-refractivity contribution in [3.63, 3.8) is 0 Å². The molecule has 1 unspecified atom stereocenters. The van der Waals surface area contributed by atoms with Crippen molar-refractivity contribution in [2.24, 2.45) is 0 Å². The van der Waals surface area contributed by atoms with Crippen LogP contribution < -0.4 is 0 Å². The van der Waals surface area contributed by atoms with Crippen LogP contribution in [-0.2, 0) is 12.8 Å². The second-order valence-corrected chi connectivity index (χ2v) is 9.45.